The van der Waals surface area contributed by atoms with Crippen molar-refractivity contribution >= 4 is 0 Å². The van der Waals surface area contributed by atoms with Gasteiger partial charge in [-0.25, -0.2) is 0 Å². The first-order valence-corrected chi connectivity index (χ1v) is 6.87. The van der Waals surface area contributed by atoms with E-state index in [0.717, 1.165) is 25.2 Å². The van der Waals surface area contributed by atoms with Crippen molar-refractivity contribution in [2.75, 3.05) is 6.61 Å². The molecule has 1 rings (SSSR count). The summed E-state index contributed by atoms with van der Waals surface area (Å²) in [5, 5.41) is 0. The summed E-state index contributed by atoms with van der Waals surface area (Å²) in [6.07, 6.45) is 8.67. The van der Waals surface area contributed by atoms with Gasteiger partial charge in [-0.3, -0.25) is 0 Å². The molecular weight excluding hydrogens is 208 g/mol. The summed E-state index contributed by atoms with van der Waals surface area (Å²) in [6, 6.07) is 8.24. The second-order valence-corrected chi connectivity index (χ2v) is 4.51. The Hall–Kier alpha value is -0.980. The van der Waals surface area contributed by atoms with Gasteiger partial charge < -0.3 is 4.74 Å². The monoisotopic (exact) mass is 233 g/mol. The minimum absolute atomic E-state index is 0.828. The third-order valence-electron chi connectivity index (χ3n) is 2.95. The largest absolute Gasteiger partial charge is 0.494 e. The molecule has 0 atom stereocenters. The van der Waals surface area contributed by atoms with Gasteiger partial charge in [0.1, 0.15) is 5.75 Å². The van der Waals surface area contributed by atoms with Gasteiger partial charge in [-0.05, 0) is 37.5 Å². The van der Waals surface area contributed by atoms with Crippen LogP contribution >= 0.6 is 0 Å². The molecule has 0 aliphatic heterocycles. The first-order chi connectivity index (χ1) is 8.36. The minimum atomic E-state index is 0.828. The van der Waals surface area contributed by atoms with Gasteiger partial charge in [0.25, 0.3) is 0 Å². The Morgan fingerprint density at radius 2 is 1.82 bits per heavy atom. The Balaban J connectivity index is 2.09. The Bertz CT molecular complexity index is 293. The zero-order chi connectivity index (χ0) is 12.3. The van der Waals surface area contributed by atoms with Crippen LogP contribution in [-0.2, 0) is 6.42 Å². The van der Waals surface area contributed by atoms with Gasteiger partial charge in [0.05, 0.1) is 6.61 Å². The van der Waals surface area contributed by atoms with Crippen molar-refractivity contribution in [3.8, 4) is 5.75 Å². The van der Waals surface area contributed by atoms with Crippen molar-refractivity contribution in [3.63, 3.8) is 0 Å². The quantitative estimate of drug-likeness (QED) is 0.556. The lowest BCUT2D eigenvalue weighted by molar-refractivity contribution is 0.304. The van der Waals surface area contributed by atoms with Crippen molar-refractivity contribution in [1.29, 1.82) is 0 Å². The summed E-state index contributed by atoms with van der Waals surface area (Å²) in [5.41, 5.74) is 1.24. The lowest BCUT2D eigenvalue weighted by Crippen LogP contribution is -1.97. The highest BCUT2D eigenvalue weighted by atomic mass is 16.5. The van der Waals surface area contributed by atoms with Gasteiger partial charge in [0, 0.05) is 0 Å². The molecule has 1 heteroatoms. The van der Waals surface area contributed by atoms with Crippen LogP contribution in [0.5, 0.6) is 5.75 Å². The average molecular weight is 233 g/mol. The molecule has 1 aromatic carbocycles. The first-order valence-electron chi connectivity index (χ1n) is 6.87. The molecule has 17 heavy (non-hydrogen) atoms. The van der Waals surface area contributed by atoms with Gasteiger partial charge in [-0.2, -0.15) is 0 Å². The molecule has 0 unspecified atom stereocenters. The van der Waals surface area contributed by atoms with Crippen LogP contribution in [0.1, 0.15) is 51.0 Å². The lowest BCUT2D eigenvalue weighted by atomic mass is 10.1. The fourth-order valence-electron chi connectivity index (χ4n) is 1.86. The summed E-state index contributed by atoms with van der Waals surface area (Å²) < 4.78 is 5.73. The molecule has 0 aliphatic carbocycles. The summed E-state index contributed by atoms with van der Waals surface area (Å²) in [7, 11) is 0. The summed E-state index contributed by atoms with van der Waals surface area (Å²) in [6.45, 7) is 6.97. The lowest BCUT2D eigenvalue weighted by Gasteiger charge is -2.07. The van der Waals surface area contributed by atoms with E-state index >= 15 is 0 Å². The van der Waals surface area contributed by atoms with Crippen LogP contribution in [0.25, 0.3) is 0 Å². The van der Waals surface area contributed by atoms with Crippen LogP contribution in [0.3, 0.4) is 0 Å². The van der Waals surface area contributed by atoms with Crippen LogP contribution in [0.15, 0.2) is 24.3 Å². The zero-order valence-corrected chi connectivity index (χ0v) is 11.1. The van der Waals surface area contributed by atoms with Crippen LogP contribution in [0, 0.1) is 6.92 Å². The molecule has 0 heterocycles. The fourth-order valence-corrected chi connectivity index (χ4v) is 1.86. The number of rotatable bonds is 9. The maximum Gasteiger partial charge on any atom is 0.119 e. The van der Waals surface area contributed by atoms with E-state index in [1.807, 2.05) is 12.1 Å². The normalized spacial score (nSPS) is 10.5. The van der Waals surface area contributed by atoms with Crippen molar-refractivity contribution < 1.29 is 4.74 Å². The Kier molecular flexibility index (Phi) is 7.53. The molecule has 0 N–H and O–H groups in total. The Morgan fingerprint density at radius 1 is 1.06 bits per heavy atom. The molecule has 0 bridgehead atoms. The van der Waals surface area contributed by atoms with E-state index in [9.17, 15) is 0 Å². The van der Waals surface area contributed by atoms with E-state index in [-0.39, 0.29) is 0 Å². The molecule has 1 nitrogen and oxygen atoms in total. The second-order valence-electron chi connectivity index (χ2n) is 4.51. The molecule has 0 aromatic heterocycles. The Labute approximate surface area is 106 Å². The summed E-state index contributed by atoms with van der Waals surface area (Å²) in [5.74, 6) is 0.986. The van der Waals surface area contributed by atoms with E-state index < -0.39 is 0 Å². The number of benzene rings is 1. The number of hydrogen-bond acceptors (Lipinski definition) is 1. The van der Waals surface area contributed by atoms with Crippen LogP contribution in [0.2, 0.25) is 0 Å². The van der Waals surface area contributed by atoms with Gasteiger partial charge in [0.15, 0.2) is 0 Å². The van der Waals surface area contributed by atoms with Gasteiger partial charge in [-0.15, -0.1) is 0 Å². The maximum absolute atomic E-state index is 5.73. The molecule has 0 amide bonds. The minimum Gasteiger partial charge on any atom is -0.494 e. The third kappa shape index (κ3) is 6.35. The van der Waals surface area contributed by atoms with E-state index in [0.29, 0.717) is 0 Å². The molecule has 1 radical (unpaired) electrons. The summed E-state index contributed by atoms with van der Waals surface area (Å²) in [4.78, 5) is 0. The number of hydrogen-bond donors (Lipinski definition) is 0. The number of ether oxygens (including phenoxy) is 1. The first kappa shape index (κ1) is 14.1. The molecular formula is C16H25O. The van der Waals surface area contributed by atoms with Crippen molar-refractivity contribution in [3.05, 3.63) is 36.8 Å². The van der Waals surface area contributed by atoms with Crippen LogP contribution in [-0.4, -0.2) is 6.61 Å². The van der Waals surface area contributed by atoms with Crippen molar-refractivity contribution in [2.45, 2.75) is 51.9 Å². The standard InChI is InChI=1S/C16H25O/c1-3-5-6-7-8-9-13-17-16-12-10-11-15(4-2)14-16/h10-12,14H,2-9,13H2,1H3. The van der Waals surface area contributed by atoms with Gasteiger partial charge in [0.2, 0.25) is 0 Å². The Morgan fingerprint density at radius 3 is 2.59 bits per heavy atom. The highest BCUT2D eigenvalue weighted by Gasteiger charge is 1.95. The van der Waals surface area contributed by atoms with Crippen LogP contribution < -0.4 is 4.74 Å². The molecule has 1 aromatic rings. The molecule has 0 saturated carbocycles. The fraction of sp³-hybridized carbons (Fsp3) is 0.562. The predicted molar refractivity (Wildman–Crippen MR) is 74.4 cm³/mol. The number of unbranched alkanes of at least 4 members (excludes halogenated alkanes) is 5. The molecule has 0 saturated heterocycles. The third-order valence-corrected chi connectivity index (χ3v) is 2.95. The highest BCUT2D eigenvalue weighted by Crippen LogP contribution is 2.14. The smallest absolute Gasteiger partial charge is 0.119 e. The zero-order valence-electron chi connectivity index (χ0n) is 11.1. The molecule has 0 spiro atoms. The highest BCUT2D eigenvalue weighted by molar-refractivity contribution is 5.28. The molecule has 0 fully saturated rings. The van der Waals surface area contributed by atoms with Crippen LogP contribution in [0.4, 0.5) is 0 Å². The van der Waals surface area contributed by atoms with E-state index in [1.165, 1.54) is 37.7 Å². The predicted octanol–water partition coefficient (Wildman–Crippen LogP) is 4.80. The van der Waals surface area contributed by atoms with E-state index in [2.05, 4.69) is 26.0 Å². The summed E-state index contributed by atoms with van der Waals surface area (Å²) >= 11 is 0. The second kappa shape index (κ2) is 9.09. The van der Waals surface area contributed by atoms with E-state index in [4.69, 9.17) is 4.74 Å². The van der Waals surface area contributed by atoms with Crippen molar-refractivity contribution in [2.24, 2.45) is 0 Å². The molecule has 95 valence electrons. The maximum atomic E-state index is 5.73. The topological polar surface area (TPSA) is 9.23 Å². The SMILES string of the molecule is [CH2]Cc1cccc(OCCCCCCCC)c1. The average Bonchev–Trinajstić information content (AvgIpc) is 2.38. The molecule has 0 aliphatic rings. The van der Waals surface area contributed by atoms with Gasteiger partial charge >= 0.3 is 0 Å². The van der Waals surface area contributed by atoms with Gasteiger partial charge in [-0.1, -0.05) is 51.2 Å². The van der Waals surface area contributed by atoms with Crippen molar-refractivity contribution in [1.82, 2.24) is 0 Å². The van der Waals surface area contributed by atoms with E-state index in [1.54, 1.807) is 0 Å².